The Bertz CT molecular complexity index is 1400. The van der Waals surface area contributed by atoms with Gasteiger partial charge in [-0.25, -0.2) is 17.8 Å². The van der Waals surface area contributed by atoms with Crippen LogP contribution in [0.3, 0.4) is 0 Å². The summed E-state index contributed by atoms with van der Waals surface area (Å²) in [5.74, 6) is -0.183. The number of hydrogen-bond donors (Lipinski definition) is 2. The van der Waals surface area contributed by atoms with Gasteiger partial charge in [0.1, 0.15) is 11.5 Å². The molecule has 4 aromatic rings. The lowest BCUT2D eigenvalue weighted by Crippen LogP contribution is -2.25. The number of sulfonamides is 1. The number of carbonyl (C=O) groups excluding carboxylic acids is 1. The summed E-state index contributed by atoms with van der Waals surface area (Å²) in [6, 6.07) is 13.3. The maximum Gasteiger partial charge on any atom is 0.261 e. The number of nitrogens with zero attached hydrogens (tertiary/aromatic N) is 3. The molecule has 1 aliphatic carbocycles. The Morgan fingerprint density at radius 2 is 1.75 bits per heavy atom. The summed E-state index contributed by atoms with van der Waals surface area (Å²) in [5, 5.41) is 0.787. The van der Waals surface area contributed by atoms with Crippen molar-refractivity contribution < 1.29 is 17.6 Å². The number of nitrogens with one attached hydrogen (secondary N) is 2. The van der Waals surface area contributed by atoms with Crippen LogP contribution in [0.2, 0.25) is 0 Å². The zero-order chi connectivity index (χ0) is 22.3. The van der Waals surface area contributed by atoms with Crippen molar-refractivity contribution in [1.29, 1.82) is 0 Å². The Morgan fingerprint density at radius 1 is 1.03 bits per heavy atom. The molecule has 0 unspecified atom stereocenters. The number of amides is 1. The highest BCUT2D eigenvalue weighted by atomic mass is 32.2. The molecule has 2 aromatic carbocycles. The summed E-state index contributed by atoms with van der Waals surface area (Å²) in [6.07, 6.45) is 4.34. The van der Waals surface area contributed by atoms with E-state index in [0.717, 1.165) is 42.3 Å². The molecule has 0 saturated heterocycles. The van der Waals surface area contributed by atoms with E-state index in [1.165, 1.54) is 17.0 Å². The van der Waals surface area contributed by atoms with E-state index in [4.69, 9.17) is 0 Å². The highest BCUT2D eigenvalue weighted by molar-refractivity contribution is 7.92. The van der Waals surface area contributed by atoms with Gasteiger partial charge in [-0.3, -0.25) is 14.4 Å². The molecule has 0 atom stereocenters. The standard InChI is InChI=1S/C22H18FN5O3S/c23-15-3-9-18(10-4-15)32(30,31)27-16-5-1-14(2-6-16)20-19-11-12-24-21(19)26-22(25-20)28(13-29)17-7-8-17/h1-6,9-13,17,27H,7-8H2,(H,24,25,26). The molecule has 1 amide bonds. The first-order valence-electron chi connectivity index (χ1n) is 9.92. The van der Waals surface area contributed by atoms with Crippen LogP contribution in [-0.4, -0.2) is 35.8 Å². The fourth-order valence-corrected chi connectivity index (χ4v) is 4.50. The van der Waals surface area contributed by atoms with Crippen LogP contribution in [0.1, 0.15) is 12.8 Å². The number of hydrogen-bond acceptors (Lipinski definition) is 5. The number of rotatable bonds is 7. The van der Waals surface area contributed by atoms with Crippen molar-refractivity contribution in [2.45, 2.75) is 23.8 Å². The van der Waals surface area contributed by atoms with Gasteiger partial charge in [-0.15, -0.1) is 0 Å². The first-order valence-corrected chi connectivity index (χ1v) is 11.4. The molecule has 2 aromatic heterocycles. The lowest BCUT2D eigenvalue weighted by molar-refractivity contribution is -0.107. The molecule has 0 radical (unpaired) electrons. The van der Waals surface area contributed by atoms with Crippen LogP contribution in [-0.2, 0) is 14.8 Å². The van der Waals surface area contributed by atoms with Crippen LogP contribution in [0.4, 0.5) is 16.0 Å². The van der Waals surface area contributed by atoms with Crippen molar-refractivity contribution in [1.82, 2.24) is 15.0 Å². The third-order valence-corrected chi connectivity index (χ3v) is 6.62. The van der Waals surface area contributed by atoms with Gasteiger partial charge < -0.3 is 4.98 Å². The normalized spacial score (nSPS) is 13.8. The van der Waals surface area contributed by atoms with E-state index in [1.807, 2.05) is 6.07 Å². The zero-order valence-electron chi connectivity index (χ0n) is 16.7. The van der Waals surface area contributed by atoms with Crippen LogP contribution in [0.25, 0.3) is 22.3 Å². The number of halogens is 1. The second kappa shape index (κ2) is 7.72. The molecule has 2 N–H and O–H groups in total. The predicted molar refractivity (Wildman–Crippen MR) is 118 cm³/mol. The Kier molecular flexibility index (Phi) is 4.86. The van der Waals surface area contributed by atoms with Gasteiger partial charge in [-0.05, 0) is 55.3 Å². The van der Waals surface area contributed by atoms with Crippen molar-refractivity contribution in [3.8, 4) is 11.3 Å². The van der Waals surface area contributed by atoms with E-state index in [1.54, 1.807) is 30.5 Å². The summed E-state index contributed by atoms with van der Waals surface area (Å²) >= 11 is 0. The number of anilines is 2. The minimum atomic E-state index is -3.85. The largest absolute Gasteiger partial charge is 0.346 e. The molecule has 32 heavy (non-hydrogen) atoms. The molecule has 1 aliphatic rings. The van der Waals surface area contributed by atoms with E-state index in [-0.39, 0.29) is 10.9 Å². The van der Waals surface area contributed by atoms with Gasteiger partial charge in [0.05, 0.1) is 10.6 Å². The molecule has 0 bridgehead atoms. The molecule has 0 spiro atoms. The molecule has 2 heterocycles. The van der Waals surface area contributed by atoms with Gasteiger partial charge in [-0.2, -0.15) is 4.98 Å². The molecule has 0 aliphatic heterocycles. The second-order valence-corrected chi connectivity index (χ2v) is 9.18. The number of carbonyl (C=O) groups is 1. The first kappa shape index (κ1) is 20.1. The van der Waals surface area contributed by atoms with Gasteiger partial charge in [0.25, 0.3) is 10.0 Å². The minimum absolute atomic E-state index is 0.0357. The Morgan fingerprint density at radius 3 is 2.41 bits per heavy atom. The molecule has 1 saturated carbocycles. The van der Waals surface area contributed by atoms with E-state index in [9.17, 15) is 17.6 Å². The van der Waals surface area contributed by atoms with Crippen molar-refractivity contribution in [3.05, 3.63) is 66.6 Å². The summed E-state index contributed by atoms with van der Waals surface area (Å²) < 4.78 is 40.6. The van der Waals surface area contributed by atoms with Crippen LogP contribution < -0.4 is 9.62 Å². The molecule has 162 valence electrons. The monoisotopic (exact) mass is 451 g/mol. The topological polar surface area (TPSA) is 108 Å². The fraction of sp³-hybridized carbons (Fsp3) is 0.136. The van der Waals surface area contributed by atoms with Crippen LogP contribution >= 0.6 is 0 Å². The van der Waals surface area contributed by atoms with E-state index in [2.05, 4.69) is 19.7 Å². The van der Waals surface area contributed by atoms with Gasteiger partial charge in [0.2, 0.25) is 12.4 Å². The van der Waals surface area contributed by atoms with Crippen molar-refractivity contribution in [3.63, 3.8) is 0 Å². The summed E-state index contributed by atoms with van der Waals surface area (Å²) in [4.78, 5) is 25.2. The lowest BCUT2D eigenvalue weighted by Gasteiger charge is -2.16. The number of aromatic amines is 1. The highest BCUT2D eigenvalue weighted by Crippen LogP contribution is 2.33. The molecule has 8 nitrogen and oxygen atoms in total. The van der Waals surface area contributed by atoms with Crippen molar-refractivity contribution in [2.75, 3.05) is 9.62 Å². The van der Waals surface area contributed by atoms with Gasteiger partial charge >= 0.3 is 0 Å². The minimum Gasteiger partial charge on any atom is -0.346 e. The van der Waals surface area contributed by atoms with Gasteiger partial charge in [0, 0.05) is 28.9 Å². The zero-order valence-corrected chi connectivity index (χ0v) is 17.5. The van der Waals surface area contributed by atoms with Gasteiger partial charge in [0.15, 0.2) is 0 Å². The summed E-state index contributed by atoms with van der Waals surface area (Å²) in [5.41, 5.74) is 2.33. The van der Waals surface area contributed by atoms with Crippen LogP contribution in [0, 0.1) is 5.82 Å². The maximum atomic E-state index is 13.1. The quantitative estimate of drug-likeness (QED) is 0.417. The second-order valence-electron chi connectivity index (χ2n) is 7.49. The van der Waals surface area contributed by atoms with Gasteiger partial charge in [-0.1, -0.05) is 12.1 Å². The molecule has 5 rings (SSSR count). The lowest BCUT2D eigenvalue weighted by atomic mass is 10.1. The Labute approximate surface area is 183 Å². The predicted octanol–water partition coefficient (Wildman–Crippen LogP) is 3.69. The van der Waals surface area contributed by atoms with Crippen LogP contribution in [0.15, 0.2) is 65.7 Å². The smallest absolute Gasteiger partial charge is 0.261 e. The number of H-pyrrole nitrogens is 1. The third kappa shape index (κ3) is 3.80. The SMILES string of the molecule is O=CN(c1nc(-c2ccc(NS(=O)(=O)c3ccc(F)cc3)cc2)c2cc[nH]c2n1)C1CC1. The van der Waals surface area contributed by atoms with Crippen molar-refractivity contribution in [2.24, 2.45) is 0 Å². The first-order chi connectivity index (χ1) is 15.4. The van der Waals surface area contributed by atoms with E-state index in [0.29, 0.717) is 23.0 Å². The number of benzene rings is 2. The van der Waals surface area contributed by atoms with E-state index < -0.39 is 15.8 Å². The highest BCUT2D eigenvalue weighted by Gasteiger charge is 2.31. The number of fused-ring (bicyclic) bond motifs is 1. The Hall–Kier alpha value is -3.79. The fourth-order valence-electron chi connectivity index (χ4n) is 3.44. The maximum absolute atomic E-state index is 13.1. The molecular weight excluding hydrogens is 433 g/mol. The molecule has 1 fully saturated rings. The Balaban J connectivity index is 1.47. The third-order valence-electron chi connectivity index (χ3n) is 5.22. The molecule has 10 heteroatoms. The average molecular weight is 451 g/mol. The average Bonchev–Trinajstić information content (AvgIpc) is 3.50. The van der Waals surface area contributed by atoms with Crippen molar-refractivity contribution >= 4 is 39.1 Å². The van der Waals surface area contributed by atoms with E-state index >= 15 is 0 Å². The van der Waals surface area contributed by atoms with Crippen LogP contribution in [0.5, 0.6) is 0 Å². The summed E-state index contributed by atoms with van der Waals surface area (Å²) in [6.45, 7) is 0. The molecular formula is C22H18FN5O3S. The number of aromatic nitrogens is 3. The summed E-state index contributed by atoms with van der Waals surface area (Å²) in [7, 11) is -3.85.